The van der Waals surface area contributed by atoms with Gasteiger partial charge >= 0.3 is 0 Å². The van der Waals surface area contributed by atoms with Gasteiger partial charge in [0, 0.05) is 22.7 Å². The maximum atomic E-state index is 13.7. The first-order valence-corrected chi connectivity index (χ1v) is 8.20. The van der Waals surface area contributed by atoms with Crippen LogP contribution in [0.25, 0.3) is 0 Å². The second-order valence-corrected chi connectivity index (χ2v) is 7.17. The number of aromatic nitrogens is 1. The molecule has 0 aliphatic rings. The van der Waals surface area contributed by atoms with Gasteiger partial charge in [-0.1, -0.05) is 11.6 Å². The van der Waals surface area contributed by atoms with Crippen LogP contribution in [-0.2, 0) is 17.1 Å². The molecule has 1 heterocycles. The number of nitrogens with zero attached hydrogens (tertiary/aromatic N) is 1. The fourth-order valence-corrected chi connectivity index (χ4v) is 3.44. The summed E-state index contributed by atoms with van der Waals surface area (Å²) in [6.07, 6.45) is 1.48. The number of anilines is 1. The fourth-order valence-electron chi connectivity index (χ4n) is 1.64. The summed E-state index contributed by atoms with van der Waals surface area (Å²) in [5.74, 6) is -0.998. The summed E-state index contributed by atoms with van der Waals surface area (Å²) in [6.45, 7) is 0. The minimum atomic E-state index is -4.23. The third-order valence-corrected chi connectivity index (χ3v) is 4.65. The fraction of sp³-hybridized carbons (Fsp3) is 0.0833. The van der Waals surface area contributed by atoms with Gasteiger partial charge in [0.2, 0.25) is 0 Å². The predicted octanol–water partition coefficient (Wildman–Crippen LogP) is 2.74. The van der Waals surface area contributed by atoms with Crippen LogP contribution in [0.15, 0.2) is 44.6 Å². The molecule has 0 saturated heterocycles. The zero-order chi connectivity index (χ0) is 15.8. The van der Waals surface area contributed by atoms with Crippen molar-refractivity contribution in [3.63, 3.8) is 0 Å². The Morgan fingerprint density at radius 3 is 2.62 bits per heavy atom. The summed E-state index contributed by atoms with van der Waals surface area (Å²) in [4.78, 5) is 11.3. The minimum Gasteiger partial charge on any atom is -0.316 e. The molecule has 9 heteroatoms. The molecule has 0 amide bonds. The van der Waals surface area contributed by atoms with E-state index in [0.29, 0.717) is 4.47 Å². The molecule has 1 N–H and O–H groups in total. The highest BCUT2D eigenvalue weighted by molar-refractivity contribution is 9.10. The van der Waals surface area contributed by atoms with Gasteiger partial charge in [-0.25, -0.2) is 12.8 Å². The number of sulfonamides is 1. The van der Waals surface area contributed by atoms with E-state index in [1.54, 1.807) is 0 Å². The van der Waals surface area contributed by atoms with Crippen molar-refractivity contribution in [2.24, 2.45) is 7.05 Å². The van der Waals surface area contributed by atoms with E-state index in [1.807, 2.05) is 0 Å². The van der Waals surface area contributed by atoms with E-state index in [-0.39, 0.29) is 10.7 Å². The van der Waals surface area contributed by atoms with Crippen LogP contribution in [0.3, 0.4) is 0 Å². The van der Waals surface area contributed by atoms with Gasteiger partial charge in [-0.05, 0) is 40.2 Å². The summed E-state index contributed by atoms with van der Waals surface area (Å²) < 4.78 is 41.8. The Morgan fingerprint density at radius 1 is 1.33 bits per heavy atom. The number of hydrogen-bond donors (Lipinski definition) is 1. The summed E-state index contributed by atoms with van der Waals surface area (Å²) >= 11 is 8.73. The highest BCUT2D eigenvalue weighted by Crippen LogP contribution is 2.21. The van der Waals surface area contributed by atoms with Crippen LogP contribution in [0.5, 0.6) is 0 Å². The largest absolute Gasteiger partial charge is 0.316 e. The van der Waals surface area contributed by atoms with E-state index in [9.17, 15) is 17.6 Å². The van der Waals surface area contributed by atoms with E-state index < -0.39 is 26.3 Å². The first kappa shape index (κ1) is 16.0. The monoisotopic (exact) mass is 394 g/mol. The van der Waals surface area contributed by atoms with E-state index in [2.05, 4.69) is 20.7 Å². The van der Waals surface area contributed by atoms with Crippen molar-refractivity contribution in [1.29, 1.82) is 0 Å². The molecule has 0 spiro atoms. The molecule has 0 bridgehead atoms. The quantitative estimate of drug-likeness (QED) is 0.869. The lowest BCUT2D eigenvalue weighted by atomic mass is 10.3. The van der Waals surface area contributed by atoms with Crippen LogP contribution in [0, 0.1) is 5.82 Å². The first-order valence-electron chi connectivity index (χ1n) is 5.55. The standard InChI is InChI=1S/C12H9BrClFN2O3S/c1-17-6-7(13)4-10(12(17)18)16-21(19,20)11-3-2-8(14)5-9(11)15/h2-6,16H,1H3. The highest BCUT2D eigenvalue weighted by atomic mass is 79.9. The number of nitrogens with one attached hydrogen (secondary N) is 1. The van der Waals surface area contributed by atoms with Gasteiger partial charge in [0.25, 0.3) is 15.6 Å². The van der Waals surface area contributed by atoms with Crippen LogP contribution in [0.1, 0.15) is 0 Å². The number of hydrogen-bond acceptors (Lipinski definition) is 3. The molecule has 0 aliphatic heterocycles. The van der Waals surface area contributed by atoms with Crippen molar-refractivity contribution in [2.45, 2.75) is 4.90 Å². The number of pyridine rings is 1. The second kappa shape index (κ2) is 5.78. The molecular weight excluding hydrogens is 387 g/mol. The van der Waals surface area contributed by atoms with Crippen LogP contribution >= 0.6 is 27.5 Å². The molecule has 0 unspecified atom stereocenters. The van der Waals surface area contributed by atoms with Crippen molar-refractivity contribution < 1.29 is 12.8 Å². The SMILES string of the molecule is Cn1cc(Br)cc(NS(=O)(=O)c2ccc(Cl)cc2F)c1=O. The molecular formula is C12H9BrClFN2O3S. The zero-order valence-electron chi connectivity index (χ0n) is 10.6. The summed E-state index contributed by atoms with van der Waals surface area (Å²) in [7, 11) is -2.77. The molecule has 2 rings (SSSR count). The molecule has 1 aromatic carbocycles. The third kappa shape index (κ3) is 3.45. The molecule has 5 nitrogen and oxygen atoms in total. The Kier molecular flexibility index (Phi) is 4.40. The summed E-state index contributed by atoms with van der Waals surface area (Å²) in [5.41, 5.74) is -0.752. The molecule has 112 valence electrons. The number of halogens is 3. The normalized spacial score (nSPS) is 11.4. The molecule has 0 fully saturated rings. The van der Waals surface area contributed by atoms with Crippen LogP contribution in [0.4, 0.5) is 10.1 Å². The molecule has 0 atom stereocenters. The predicted molar refractivity (Wildman–Crippen MR) is 81.6 cm³/mol. The van der Waals surface area contributed by atoms with Gasteiger partial charge in [0.05, 0.1) is 0 Å². The average Bonchev–Trinajstić information content (AvgIpc) is 2.34. The Morgan fingerprint density at radius 2 is 2.00 bits per heavy atom. The lowest BCUT2D eigenvalue weighted by Crippen LogP contribution is -2.24. The van der Waals surface area contributed by atoms with Gasteiger partial charge < -0.3 is 4.57 Å². The van der Waals surface area contributed by atoms with Crippen molar-refractivity contribution in [1.82, 2.24) is 4.57 Å². The molecule has 0 radical (unpaired) electrons. The Balaban J connectivity index is 2.50. The van der Waals surface area contributed by atoms with Gasteiger partial charge in [0.1, 0.15) is 16.4 Å². The maximum Gasteiger partial charge on any atom is 0.274 e. The highest BCUT2D eigenvalue weighted by Gasteiger charge is 2.21. The van der Waals surface area contributed by atoms with Crippen molar-refractivity contribution in [2.75, 3.05) is 4.72 Å². The average molecular weight is 396 g/mol. The Bertz CT molecular complexity index is 867. The minimum absolute atomic E-state index is 0.0739. The zero-order valence-corrected chi connectivity index (χ0v) is 13.8. The summed E-state index contributed by atoms with van der Waals surface area (Å²) in [5, 5.41) is 0.0739. The van der Waals surface area contributed by atoms with Crippen LogP contribution in [-0.4, -0.2) is 13.0 Å². The van der Waals surface area contributed by atoms with Gasteiger partial charge in [0.15, 0.2) is 0 Å². The molecule has 1 aromatic heterocycles. The number of aryl methyl sites for hydroxylation is 1. The Labute approximate surface area is 133 Å². The van der Waals surface area contributed by atoms with E-state index in [0.717, 1.165) is 12.1 Å². The lowest BCUT2D eigenvalue weighted by Gasteiger charge is -2.10. The second-order valence-electron chi connectivity index (χ2n) is 4.17. The van der Waals surface area contributed by atoms with E-state index in [1.165, 1.54) is 29.9 Å². The Hall–Kier alpha value is -1.38. The third-order valence-electron chi connectivity index (χ3n) is 2.58. The smallest absolute Gasteiger partial charge is 0.274 e. The topological polar surface area (TPSA) is 68.2 Å². The van der Waals surface area contributed by atoms with E-state index in [4.69, 9.17) is 11.6 Å². The molecule has 2 aromatic rings. The number of benzene rings is 1. The lowest BCUT2D eigenvalue weighted by molar-refractivity contribution is 0.570. The van der Waals surface area contributed by atoms with Crippen molar-refractivity contribution in [3.8, 4) is 0 Å². The first-order chi connectivity index (χ1) is 9.70. The van der Waals surface area contributed by atoms with Crippen LogP contribution in [0.2, 0.25) is 5.02 Å². The maximum absolute atomic E-state index is 13.7. The van der Waals surface area contributed by atoms with Gasteiger partial charge in [-0.2, -0.15) is 0 Å². The van der Waals surface area contributed by atoms with Crippen LogP contribution < -0.4 is 10.3 Å². The molecule has 21 heavy (non-hydrogen) atoms. The van der Waals surface area contributed by atoms with Gasteiger partial charge in [-0.3, -0.25) is 9.52 Å². The molecule has 0 saturated carbocycles. The molecule has 0 aliphatic carbocycles. The summed E-state index contributed by atoms with van der Waals surface area (Å²) in [6, 6.07) is 4.46. The van der Waals surface area contributed by atoms with Gasteiger partial charge in [-0.15, -0.1) is 0 Å². The van der Waals surface area contributed by atoms with Crippen molar-refractivity contribution in [3.05, 3.63) is 56.1 Å². The number of rotatable bonds is 3. The van der Waals surface area contributed by atoms with Crippen molar-refractivity contribution >= 4 is 43.2 Å². The van der Waals surface area contributed by atoms with E-state index >= 15 is 0 Å².